The van der Waals surface area contributed by atoms with Crippen molar-refractivity contribution in [3.05, 3.63) is 75.9 Å². The van der Waals surface area contributed by atoms with Crippen LogP contribution in [0.15, 0.2) is 75.9 Å². The fourth-order valence-electron chi connectivity index (χ4n) is 0. The molecule has 0 nitrogen and oxygen atoms in total. The second-order valence-electron chi connectivity index (χ2n) is 1.41. The Bertz CT molecular complexity index is 96.7. The fraction of sp³-hybridized carbons (Fsp3) is 0. The predicted molar refractivity (Wildman–Crippen MR) is 61.2 cm³/mol. The Morgan fingerprint density at radius 3 is 0.462 bits per heavy atom. The quantitative estimate of drug-likeness (QED) is 0.676. The Balaban J connectivity index is -0.0000000450. The maximum Gasteiger partial charge on any atom is 0 e. The Labute approximate surface area is 97.0 Å². The van der Waals surface area contributed by atoms with Crippen molar-refractivity contribution in [3.8, 4) is 0 Å². The molecule has 0 atom stereocenters. The molecule has 0 saturated heterocycles. The maximum atomic E-state index is 3.36. The minimum Gasteiger partial charge on any atom is -0.0991 e. The molecule has 0 aliphatic carbocycles. The Hall–Kier alpha value is -0.872. The van der Waals surface area contributed by atoms with Gasteiger partial charge in [0.25, 0.3) is 0 Å². The van der Waals surface area contributed by atoms with Crippen LogP contribution in [0, 0.1) is 0 Å². The molecule has 0 spiro atoms. The summed E-state index contributed by atoms with van der Waals surface area (Å²) in [4.78, 5) is 0. The molecule has 0 aliphatic heterocycles. The van der Waals surface area contributed by atoms with Crippen LogP contribution in [0.4, 0.5) is 0 Å². The van der Waals surface area contributed by atoms with Crippen LogP contribution in [0.1, 0.15) is 0 Å². The van der Waals surface area contributed by atoms with Gasteiger partial charge in [0.2, 0.25) is 0 Å². The molecule has 0 aromatic rings. The Kier molecular flexibility index (Phi) is 75.9. The van der Waals surface area contributed by atoms with Gasteiger partial charge in [-0.05, 0) is 0 Å². The first-order chi connectivity index (χ1) is 5.74. The molecule has 0 aromatic carbocycles. The SMILES string of the molecule is C=CC=C.C=CC=C.C=CC=C.[W]. The average molecular weight is 346 g/mol. The molecule has 0 saturated carbocycles. The van der Waals surface area contributed by atoms with Crippen LogP contribution in [-0.2, 0) is 21.1 Å². The minimum atomic E-state index is 0. The molecule has 0 aromatic heterocycles. The molecule has 0 radical (unpaired) electrons. The summed E-state index contributed by atoms with van der Waals surface area (Å²) in [5, 5.41) is 0. The first-order valence-corrected chi connectivity index (χ1v) is 3.45. The van der Waals surface area contributed by atoms with Gasteiger partial charge >= 0.3 is 0 Å². The van der Waals surface area contributed by atoms with Crippen LogP contribution in [0.25, 0.3) is 0 Å². The van der Waals surface area contributed by atoms with Gasteiger partial charge in [0.1, 0.15) is 0 Å². The van der Waals surface area contributed by atoms with Gasteiger partial charge in [-0.1, -0.05) is 75.9 Å². The standard InChI is InChI=1S/3C4H6.W/c3*1-3-4-2;/h3*3-4H,1-2H2;. The molecule has 0 bridgehead atoms. The zero-order valence-corrected chi connectivity index (χ0v) is 11.0. The van der Waals surface area contributed by atoms with Crippen LogP contribution < -0.4 is 0 Å². The van der Waals surface area contributed by atoms with Gasteiger partial charge in [-0.15, -0.1) is 0 Å². The van der Waals surface area contributed by atoms with E-state index in [2.05, 4.69) is 39.5 Å². The molecular formula is C12H18W. The van der Waals surface area contributed by atoms with Crippen LogP contribution in [-0.4, -0.2) is 0 Å². The van der Waals surface area contributed by atoms with E-state index in [-0.39, 0.29) is 21.1 Å². The summed E-state index contributed by atoms with van der Waals surface area (Å²) in [6, 6.07) is 0. The van der Waals surface area contributed by atoms with Crippen molar-refractivity contribution in [1.82, 2.24) is 0 Å². The largest absolute Gasteiger partial charge is 0.0991 e. The molecule has 13 heavy (non-hydrogen) atoms. The third kappa shape index (κ3) is 205. The number of allylic oxidation sites excluding steroid dienone is 6. The zero-order valence-electron chi connectivity index (χ0n) is 8.11. The molecule has 0 aliphatic rings. The van der Waals surface area contributed by atoms with Gasteiger partial charge in [0.15, 0.2) is 0 Å². The summed E-state index contributed by atoms with van der Waals surface area (Å²) in [5.41, 5.74) is 0. The third-order valence-electron chi connectivity index (χ3n) is 0.500. The van der Waals surface area contributed by atoms with Gasteiger partial charge in [0.05, 0.1) is 0 Å². The van der Waals surface area contributed by atoms with E-state index >= 15 is 0 Å². The summed E-state index contributed by atoms with van der Waals surface area (Å²) < 4.78 is 0. The summed E-state index contributed by atoms with van der Waals surface area (Å²) >= 11 is 0. The Morgan fingerprint density at radius 1 is 0.385 bits per heavy atom. The van der Waals surface area contributed by atoms with Gasteiger partial charge in [0, 0.05) is 21.1 Å². The third-order valence-corrected chi connectivity index (χ3v) is 0.500. The summed E-state index contributed by atoms with van der Waals surface area (Å²) in [7, 11) is 0. The molecule has 0 heterocycles. The molecule has 0 N–H and O–H groups in total. The molecule has 72 valence electrons. The first-order valence-electron chi connectivity index (χ1n) is 3.45. The first kappa shape index (κ1) is 22.7. The molecule has 1 heteroatoms. The van der Waals surface area contributed by atoms with Crippen molar-refractivity contribution < 1.29 is 21.1 Å². The Morgan fingerprint density at radius 2 is 0.462 bits per heavy atom. The van der Waals surface area contributed by atoms with Crippen LogP contribution >= 0.6 is 0 Å². The van der Waals surface area contributed by atoms with Crippen LogP contribution in [0.2, 0.25) is 0 Å². The van der Waals surface area contributed by atoms with Gasteiger partial charge in [-0.2, -0.15) is 0 Å². The van der Waals surface area contributed by atoms with Crippen LogP contribution in [0.3, 0.4) is 0 Å². The summed E-state index contributed by atoms with van der Waals surface area (Å²) in [5.74, 6) is 0. The second kappa shape index (κ2) is 43.4. The minimum absolute atomic E-state index is 0. The van der Waals surface area contributed by atoms with Crippen molar-refractivity contribution in [3.63, 3.8) is 0 Å². The number of rotatable bonds is 3. The van der Waals surface area contributed by atoms with E-state index in [1.807, 2.05) is 0 Å². The summed E-state index contributed by atoms with van der Waals surface area (Å²) in [6.45, 7) is 20.2. The van der Waals surface area contributed by atoms with Crippen molar-refractivity contribution in [2.45, 2.75) is 0 Å². The van der Waals surface area contributed by atoms with Crippen molar-refractivity contribution >= 4 is 0 Å². The van der Waals surface area contributed by atoms with Gasteiger partial charge < -0.3 is 0 Å². The van der Waals surface area contributed by atoms with Crippen molar-refractivity contribution in [1.29, 1.82) is 0 Å². The summed E-state index contributed by atoms with van der Waals surface area (Å²) in [6.07, 6.45) is 9.83. The zero-order chi connectivity index (χ0) is 10.2. The normalized spacial score (nSPS) is 4.62. The number of hydrogen-bond donors (Lipinski definition) is 0. The molecule has 0 unspecified atom stereocenters. The van der Waals surface area contributed by atoms with E-state index in [4.69, 9.17) is 0 Å². The van der Waals surface area contributed by atoms with E-state index < -0.39 is 0 Å². The predicted octanol–water partition coefficient (Wildman–Crippen LogP) is 4.07. The van der Waals surface area contributed by atoms with E-state index in [1.54, 1.807) is 36.5 Å². The molecule has 0 fully saturated rings. The average Bonchev–Trinajstić information content (AvgIpc) is 2.18. The topological polar surface area (TPSA) is 0 Å². The molecular weight excluding hydrogens is 328 g/mol. The van der Waals surface area contributed by atoms with Crippen molar-refractivity contribution in [2.24, 2.45) is 0 Å². The van der Waals surface area contributed by atoms with Crippen molar-refractivity contribution in [2.75, 3.05) is 0 Å². The molecule has 0 rings (SSSR count). The van der Waals surface area contributed by atoms with Gasteiger partial charge in [-0.25, -0.2) is 0 Å². The maximum absolute atomic E-state index is 3.36. The second-order valence-corrected chi connectivity index (χ2v) is 1.41. The smallest absolute Gasteiger partial charge is 0 e. The van der Waals surface area contributed by atoms with E-state index in [1.165, 1.54) is 0 Å². The van der Waals surface area contributed by atoms with E-state index in [0.29, 0.717) is 0 Å². The fourth-order valence-corrected chi connectivity index (χ4v) is 0. The van der Waals surface area contributed by atoms with E-state index in [0.717, 1.165) is 0 Å². The number of hydrogen-bond acceptors (Lipinski definition) is 0. The van der Waals surface area contributed by atoms with Gasteiger partial charge in [-0.3, -0.25) is 0 Å². The monoisotopic (exact) mass is 346 g/mol. The van der Waals surface area contributed by atoms with E-state index in [9.17, 15) is 0 Å². The van der Waals surface area contributed by atoms with Crippen LogP contribution in [0.5, 0.6) is 0 Å². The molecule has 0 amide bonds.